The Morgan fingerprint density at radius 1 is 1.13 bits per heavy atom. The number of ether oxygens (including phenoxy) is 1. The number of hydrogen-bond acceptors (Lipinski definition) is 5. The van der Waals surface area contributed by atoms with Crippen molar-refractivity contribution >= 4 is 23.4 Å². The predicted molar refractivity (Wildman–Crippen MR) is 126 cm³/mol. The number of amides is 1. The van der Waals surface area contributed by atoms with Crippen LogP contribution in [0.25, 0.3) is 0 Å². The third-order valence-corrected chi connectivity index (χ3v) is 6.11. The summed E-state index contributed by atoms with van der Waals surface area (Å²) in [5.74, 6) is 1.76. The van der Waals surface area contributed by atoms with Crippen molar-refractivity contribution in [3.05, 3.63) is 64.5 Å². The lowest BCUT2D eigenvalue weighted by Crippen LogP contribution is -2.16. The number of hydrogen-bond donors (Lipinski definition) is 1. The molecule has 1 unspecified atom stereocenters. The summed E-state index contributed by atoms with van der Waals surface area (Å²) in [5, 5.41) is 12.4. The van der Waals surface area contributed by atoms with Crippen molar-refractivity contribution in [1.82, 2.24) is 14.8 Å². The van der Waals surface area contributed by atoms with Crippen molar-refractivity contribution in [2.75, 3.05) is 11.1 Å². The molecule has 164 valence electrons. The van der Waals surface area contributed by atoms with Crippen LogP contribution in [0.5, 0.6) is 5.75 Å². The van der Waals surface area contributed by atoms with E-state index in [1.807, 2.05) is 62.6 Å². The van der Waals surface area contributed by atoms with Gasteiger partial charge >= 0.3 is 0 Å². The molecule has 2 aromatic carbocycles. The fourth-order valence-electron chi connectivity index (χ4n) is 3.47. The van der Waals surface area contributed by atoms with Crippen LogP contribution in [0, 0.1) is 27.7 Å². The molecule has 1 aromatic heterocycles. The van der Waals surface area contributed by atoms with Crippen LogP contribution in [0.3, 0.4) is 0 Å². The van der Waals surface area contributed by atoms with Crippen molar-refractivity contribution in [3.63, 3.8) is 0 Å². The Labute approximate surface area is 188 Å². The molecule has 7 heteroatoms. The number of nitrogens with zero attached hydrogens (tertiary/aromatic N) is 3. The lowest BCUT2D eigenvalue weighted by Gasteiger charge is -2.16. The second kappa shape index (κ2) is 10.0. The van der Waals surface area contributed by atoms with Crippen LogP contribution in [0.15, 0.2) is 41.6 Å². The average Bonchev–Trinajstić information content (AvgIpc) is 3.12. The Morgan fingerprint density at radius 3 is 2.52 bits per heavy atom. The smallest absolute Gasteiger partial charge is 0.234 e. The first-order valence-electron chi connectivity index (χ1n) is 10.5. The van der Waals surface area contributed by atoms with Crippen LogP contribution in [-0.2, 0) is 11.3 Å². The molecule has 0 aliphatic carbocycles. The summed E-state index contributed by atoms with van der Waals surface area (Å²) >= 11 is 1.38. The first kappa shape index (κ1) is 22.9. The Kier molecular flexibility index (Phi) is 7.38. The van der Waals surface area contributed by atoms with Crippen molar-refractivity contribution in [2.45, 2.75) is 59.3 Å². The van der Waals surface area contributed by atoms with Gasteiger partial charge in [-0.1, -0.05) is 30.0 Å². The third kappa shape index (κ3) is 5.67. The van der Waals surface area contributed by atoms with E-state index in [0.717, 1.165) is 39.5 Å². The molecule has 31 heavy (non-hydrogen) atoms. The summed E-state index contributed by atoms with van der Waals surface area (Å²) in [5.41, 5.74) is 5.39. The summed E-state index contributed by atoms with van der Waals surface area (Å²) in [6.07, 6.45) is -0.258. The van der Waals surface area contributed by atoms with Crippen molar-refractivity contribution in [1.29, 1.82) is 0 Å². The van der Waals surface area contributed by atoms with E-state index in [0.29, 0.717) is 11.7 Å². The summed E-state index contributed by atoms with van der Waals surface area (Å²) in [6.45, 7) is 12.9. The van der Waals surface area contributed by atoms with Gasteiger partial charge in [-0.05, 0) is 82.0 Å². The topological polar surface area (TPSA) is 69.0 Å². The minimum atomic E-state index is -0.258. The van der Waals surface area contributed by atoms with E-state index < -0.39 is 0 Å². The molecule has 0 saturated heterocycles. The van der Waals surface area contributed by atoms with Crippen molar-refractivity contribution in [3.8, 4) is 5.75 Å². The zero-order valence-electron chi connectivity index (χ0n) is 19.0. The minimum Gasteiger partial charge on any atom is -0.483 e. The number of carbonyl (C=O) groups excluding carboxylic acids is 1. The lowest BCUT2D eigenvalue weighted by molar-refractivity contribution is -0.113. The Hall–Kier alpha value is -2.80. The number of thioether (sulfide) groups is 1. The zero-order chi connectivity index (χ0) is 22.5. The molecule has 6 nitrogen and oxygen atoms in total. The first-order chi connectivity index (χ1) is 14.8. The van der Waals surface area contributed by atoms with Crippen LogP contribution in [0.2, 0.25) is 0 Å². The van der Waals surface area contributed by atoms with E-state index >= 15 is 0 Å². The number of aromatic nitrogens is 3. The number of carbonyl (C=O) groups is 1. The molecule has 0 bridgehead atoms. The quantitative estimate of drug-likeness (QED) is 0.477. The largest absolute Gasteiger partial charge is 0.483 e. The van der Waals surface area contributed by atoms with E-state index in [-0.39, 0.29) is 17.8 Å². The van der Waals surface area contributed by atoms with Crippen LogP contribution in [0.1, 0.15) is 48.0 Å². The highest BCUT2D eigenvalue weighted by Gasteiger charge is 2.20. The van der Waals surface area contributed by atoms with Gasteiger partial charge in [0.1, 0.15) is 5.75 Å². The van der Waals surface area contributed by atoms with Gasteiger partial charge in [0, 0.05) is 12.2 Å². The predicted octanol–water partition coefficient (Wildman–Crippen LogP) is 5.40. The second-order valence-corrected chi connectivity index (χ2v) is 8.70. The van der Waals surface area contributed by atoms with Crippen LogP contribution < -0.4 is 10.1 Å². The normalized spacial score (nSPS) is 11.9. The highest BCUT2D eigenvalue weighted by Crippen LogP contribution is 2.26. The van der Waals surface area contributed by atoms with Gasteiger partial charge < -0.3 is 14.6 Å². The summed E-state index contributed by atoms with van der Waals surface area (Å²) in [7, 11) is 0. The number of aryl methyl sites for hydroxylation is 3. The van der Waals surface area contributed by atoms with E-state index in [4.69, 9.17) is 4.74 Å². The maximum Gasteiger partial charge on any atom is 0.234 e. The monoisotopic (exact) mass is 438 g/mol. The highest BCUT2D eigenvalue weighted by molar-refractivity contribution is 7.99. The third-order valence-electron chi connectivity index (χ3n) is 5.14. The van der Waals surface area contributed by atoms with Gasteiger partial charge in [0.2, 0.25) is 5.91 Å². The molecule has 1 N–H and O–H groups in total. The molecule has 0 fully saturated rings. The Morgan fingerprint density at radius 2 is 1.84 bits per heavy atom. The molecular formula is C24H30N4O2S. The molecular weight excluding hydrogens is 408 g/mol. The van der Waals surface area contributed by atoms with Gasteiger partial charge in [-0.2, -0.15) is 0 Å². The molecule has 0 spiro atoms. The van der Waals surface area contributed by atoms with E-state index in [1.165, 1.54) is 11.8 Å². The lowest BCUT2D eigenvalue weighted by atomic mass is 10.1. The standard InChI is InChI=1S/C24H30N4O2S/c1-7-28-23(19(6)30-20-12-15(2)11-16(3)13-20)26-27-24(28)31-14-22(29)25-21-10-8-9-17(4)18(21)5/h8-13,19H,7,14H2,1-6H3,(H,25,29). The fourth-order valence-corrected chi connectivity index (χ4v) is 4.27. The first-order valence-corrected chi connectivity index (χ1v) is 11.4. The van der Waals surface area contributed by atoms with Gasteiger partial charge in [-0.25, -0.2) is 0 Å². The molecule has 1 heterocycles. The second-order valence-electron chi connectivity index (χ2n) is 7.75. The van der Waals surface area contributed by atoms with Gasteiger partial charge in [0.15, 0.2) is 17.1 Å². The van der Waals surface area contributed by atoms with Crippen LogP contribution in [-0.4, -0.2) is 26.4 Å². The zero-order valence-corrected chi connectivity index (χ0v) is 19.8. The number of rotatable bonds is 8. The molecule has 1 amide bonds. The van der Waals surface area contributed by atoms with Crippen LogP contribution in [0.4, 0.5) is 5.69 Å². The molecule has 3 rings (SSSR count). The maximum atomic E-state index is 12.5. The maximum absolute atomic E-state index is 12.5. The molecule has 1 atom stereocenters. The SMILES string of the molecule is CCn1c(SCC(=O)Nc2cccc(C)c2C)nnc1C(C)Oc1cc(C)cc(C)c1. The average molecular weight is 439 g/mol. The molecule has 0 radical (unpaired) electrons. The van der Waals surface area contributed by atoms with Gasteiger partial charge in [-0.15, -0.1) is 10.2 Å². The van der Waals surface area contributed by atoms with Gasteiger partial charge in [0.25, 0.3) is 0 Å². The Bertz CT molecular complexity index is 1060. The fraction of sp³-hybridized carbons (Fsp3) is 0.375. The summed E-state index contributed by atoms with van der Waals surface area (Å²) in [4.78, 5) is 12.5. The highest BCUT2D eigenvalue weighted by atomic mass is 32.2. The van der Waals surface area contributed by atoms with Gasteiger partial charge in [-0.3, -0.25) is 4.79 Å². The van der Waals surface area contributed by atoms with E-state index in [1.54, 1.807) is 0 Å². The number of anilines is 1. The number of benzene rings is 2. The molecule has 0 aliphatic rings. The minimum absolute atomic E-state index is 0.0644. The number of nitrogens with one attached hydrogen (secondary N) is 1. The van der Waals surface area contributed by atoms with Crippen molar-refractivity contribution < 1.29 is 9.53 Å². The molecule has 0 saturated carbocycles. The summed E-state index contributed by atoms with van der Waals surface area (Å²) in [6, 6.07) is 12.1. The van der Waals surface area contributed by atoms with E-state index in [9.17, 15) is 4.79 Å². The molecule has 0 aliphatic heterocycles. The van der Waals surface area contributed by atoms with Crippen molar-refractivity contribution in [2.24, 2.45) is 0 Å². The summed E-state index contributed by atoms with van der Waals surface area (Å²) < 4.78 is 8.14. The Balaban J connectivity index is 1.66. The van der Waals surface area contributed by atoms with E-state index in [2.05, 4.69) is 35.4 Å². The molecule has 3 aromatic rings. The van der Waals surface area contributed by atoms with Gasteiger partial charge in [0.05, 0.1) is 5.75 Å². The van der Waals surface area contributed by atoms with Crippen LogP contribution >= 0.6 is 11.8 Å².